The summed E-state index contributed by atoms with van der Waals surface area (Å²) in [4.78, 5) is 28.8. The van der Waals surface area contributed by atoms with Gasteiger partial charge < -0.3 is 20.7 Å². The van der Waals surface area contributed by atoms with Gasteiger partial charge in [-0.25, -0.2) is 9.18 Å². The van der Waals surface area contributed by atoms with Crippen LogP contribution >= 0.6 is 0 Å². The summed E-state index contributed by atoms with van der Waals surface area (Å²) < 4.78 is 19.9. The van der Waals surface area contributed by atoms with E-state index in [9.17, 15) is 14.0 Å². The maximum Gasteiger partial charge on any atom is 0.408 e. The van der Waals surface area contributed by atoms with Crippen LogP contribution in [-0.4, -0.2) is 34.7 Å². The summed E-state index contributed by atoms with van der Waals surface area (Å²) in [6, 6.07) is 7.06. The topological polar surface area (TPSA) is 92.3 Å². The van der Waals surface area contributed by atoms with E-state index in [1.165, 1.54) is 19.1 Å². The van der Waals surface area contributed by atoms with Crippen molar-refractivity contribution < 1.29 is 18.7 Å². The smallest absolute Gasteiger partial charge is 0.408 e. The molecule has 0 spiro atoms. The monoisotopic (exact) mass is 416 g/mol. The number of nitrogens with zero attached hydrogens (tertiary/aromatic N) is 1. The Labute approximate surface area is 176 Å². The van der Waals surface area contributed by atoms with Crippen LogP contribution in [0.15, 0.2) is 36.5 Å². The number of ether oxygens (including phenoxy) is 1. The van der Waals surface area contributed by atoms with Gasteiger partial charge in [-0.2, -0.15) is 0 Å². The highest BCUT2D eigenvalue weighted by molar-refractivity contribution is 6.01. The summed E-state index contributed by atoms with van der Waals surface area (Å²) in [6.07, 6.45) is 0.880. The SMILES string of the molecule is CC(C)Nc1c(NC(=O)[C@H](C)NC(=O)OC(C)(C)C)ccc(F)c1-c1ccccn1. The van der Waals surface area contributed by atoms with Crippen molar-refractivity contribution in [2.24, 2.45) is 0 Å². The van der Waals surface area contributed by atoms with Crippen molar-refractivity contribution in [2.75, 3.05) is 10.6 Å². The molecule has 0 radical (unpaired) electrons. The summed E-state index contributed by atoms with van der Waals surface area (Å²) in [5, 5.41) is 8.44. The van der Waals surface area contributed by atoms with Crippen LogP contribution in [0.5, 0.6) is 0 Å². The maximum absolute atomic E-state index is 14.7. The fourth-order valence-electron chi connectivity index (χ4n) is 2.67. The molecular weight excluding hydrogens is 387 g/mol. The molecule has 8 heteroatoms. The number of nitrogens with one attached hydrogen (secondary N) is 3. The Balaban J connectivity index is 2.30. The number of halogens is 1. The van der Waals surface area contributed by atoms with Gasteiger partial charge in [-0.15, -0.1) is 0 Å². The molecule has 30 heavy (non-hydrogen) atoms. The first-order valence-corrected chi connectivity index (χ1v) is 9.78. The molecule has 0 aliphatic carbocycles. The van der Waals surface area contributed by atoms with Gasteiger partial charge in [-0.05, 0) is 65.8 Å². The lowest BCUT2D eigenvalue weighted by Crippen LogP contribution is -2.44. The number of benzene rings is 1. The minimum absolute atomic E-state index is 0.0257. The molecule has 3 N–H and O–H groups in total. The second-order valence-electron chi connectivity index (χ2n) is 8.22. The van der Waals surface area contributed by atoms with Crippen LogP contribution in [0.4, 0.5) is 20.6 Å². The highest BCUT2D eigenvalue weighted by Gasteiger charge is 2.23. The van der Waals surface area contributed by atoms with Crippen LogP contribution in [0.2, 0.25) is 0 Å². The molecule has 2 amide bonds. The molecule has 0 aliphatic heterocycles. The van der Waals surface area contributed by atoms with Gasteiger partial charge in [0.15, 0.2) is 0 Å². The number of alkyl carbamates (subject to hydrolysis) is 1. The van der Waals surface area contributed by atoms with Crippen molar-refractivity contribution in [3.8, 4) is 11.3 Å². The average molecular weight is 416 g/mol. The Morgan fingerprint density at radius 2 is 1.80 bits per heavy atom. The van der Waals surface area contributed by atoms with Crippen molar-refractivity contribution in [1.82, 2.24) is 10.3 Å². The minimum atomic E-state index is -0.866. The van der Waals surface area contributed by atoms with Gasteiger partial charge in [-0.3, -0.25) is 9.78 Å². The number of hydrogen-bond acceptors (Lipinski definition) is 5. The van der Waals surface area contributed by atoms with Crippen molar-refractivity contribution >= 4 is 23.4 Å². The number of carbonyl (C=O) groups excluding carboxylic acids is 2. The van der Waals surface area contributed by atoms with Crippen LogP contribution in [0.3, 0.4) is 0 Å². The van der Waals surface area contributed by atoms with Crippen LogP contribution < -0.4 is 16.0 Å². The van der Waals surface area contributed by atoms with Gasteiger partial charge >= 0.3 is 6.09 Å². The number of anilines is 2. The zero-order chi connectivity index (χ0) is 22.5. The first-order valence-electron chi connectivity index (χ1n) is 9.78. The third-order valence-corrected chi connectivity index (χ3v) is 3.89. The molecule has 0 saturated heterocycles. The van der Waals surface area contributed by atoms with Crippen molar-refractivity contribution in [3.63, 3.8) is 0 Å². The second-order valence-corrected chi connectivity index (χ2v) is 8.22. The molecule has 0 aliphatic rings. The van der Waals surface area contributed by atoms with E-state index >= 15 is 0 Å². The fourth-order valence-corrected chi connectivity index (χ4v) is 2.67. The van der Waals surface area contributed by atoms with Gasteiger partial charge in [0.05, 0.1) is 22.6 Å². The molecule has 1 heterocycles. The van der Waals surface area contributed by atoms with E-state index in [2.05, 4.69) is 20.9 Å². The fraction of sp³-hybridized carbons (Fsp3) is 0.409. The quantitative estimate of drug-likeness (QED) is 0.642. The Morgan fingerprint density at radius 3 is 2.37 bits per heavy atom. The molecule has 0 fully saturated rings. The minimum Gasteiger partial charge on any atom is -0.444 e. The molecule has 0 unspecified atom stereocenters. The third-order valence-electron chi connectivity index (χ3n) is 3.89. The lowest BCUT2D eigenvalue weighted by molar-refractivity contribution is -0.117. The highest BCUT2D eigenvalue weighted by atomic mass is 19.1. The number of aromatic nitrogens is 1. The molecule has 1 atom stereocenters. The summed E-state index contributed by atoms with van der Waals surface area (Å²) in [5.41, 5.74) is 0.822. The Bertz CT molecular complexity index is 895. The Hall–Kier alpha value is -3.16. The zero-order valence-corrected chi connectivity index (χ0v) is 18.2. The normalized spacial score (nSPS) is 12.3. The van der Waals surface area contributed by atoms with Crippen LogP contribution in [-0.2, 0) is 9.53 Å². The van der Waals surface area contributed by atoms with Gasteiger partial charge in [0.1, 0.15) is 17.5 Å². The largest absolute Gasteiger partial charge is 0.444 e. The van der Waals surface area contributed by atoms with Gasteiger partial charge in [0.25, 0.3) is 0 Å². The Kier molecular flexibility index (Phi) is 7.37. The lowest BCUT2D eigenvalue weighted by Gasteiger charge is -2.23. The zero-order valence-electron chi connectivity index (χ0n) is 18.2. The first kappa shape index (κ1) is 23.1. The predicted octanol–water partition coefficient (Wildman–Crippen LogP) is 4.56. The van der Waals surface area contributed by atoms with Crippen LogP contribution in [0, 0.1) is 5.82 Å². The van der Waals surface area contributed by atoms with E-state index < -0.39 is 29.5 Å². The molecule has 1 aromatic carbocycles. The highest BCUT2D eigenvalue weighted by Crippen LogP contribution is 2.36. The molecule has 0 saturated carbocycles. The van der Waals surface area contributed by atoms with E-state index in [4.69, 9.17) is 4.74 Å². The standard InChI is InChI=1S/C22H29FN4O3/c1-13(2)25-19-17(11-10-15(23)18(19)16-9-7-8-12-24-16)27-20(28)14(3)26-21(29)30-22(4,5)6/h7-14,25H,1-6H3,(H,26,29)(H,27,28)/t14-/m0/s1. The molecule has 0 bridgehead atoms. The molecule has 2 aromatic rings. The van der Waals surface area contributed by atoms with Gasteiger partial charge in [-0.1, -0.05) is 6.07 Å². The molecule has 162 valence electrons. The first-order chi connectivity index (χ1) is 14.0. The maximum atomic E-state index is 14.7. The second kappa shape index (κ2) is 9.56. The number of amides is 2. The number of rotatable bonds is 6. The summed E-state index contributed by atoms with van der Waals surface area (Å²) in [6.45, 7) is 10.6. The summed E-state index contributed by atoms with van der Waals surface area (Å²) in [7, 11) is 0. The third kappa shape index (κ3) is 6.43. The van der Waals surface area contributed by atoms with Crippen molar-refractivity contribution in [3.05, 3.63) is 42.3 Å². The molecule has 1 aromatic heterocycles. The van der Waals surface area contributed by atoms with Crippen LogP contribution in [0.25, 0.3) is 11.3 Å². The van der Waals surface area contributed by atoms with Crippen molar-refractivity contribution in [2.45, 2.75) is 59.2 Å². The van der Waals surface area contributed by atoms with Crippen molar-refractivity contribution in [1.29, 1.82) is 0 Å². The molecular formula is C22H29FN4O3. The molecule has 7 nitrogen and oxygen atoms in total. The lowest BCUT2D eigenvalue weighted by atomic mass is 10.0. The summed E-state index contributed by atoms with van der Waals surface area (Å²) >= 11 is 0. The number of carbonyl (C=O) groups is 2. The average Bonchev–Trinajstić information content (AvgIpc) is 2.62. The summed E-state index contributed by atoms with van der Waals surface area (Å²) in [5.74, 6) is -0.930. The van der Waals surface area contributed by atoms with E-state index in [0.29, 0.717) is 17.1 Å². The van der Waals surface area contributed by atoms with E-state index in [1.807, 2.05) is 13.8 Å². The van der Waals surface area contributed by atoms with E-state index in [0.717, 1.165) is 0 Å². The number of hydrogen-bond donors (Lipinski definition) is 3. The van der Waals surface area contributed by atoms with Crippen LogP contribution in [0.1, 0.15) is 41.5 Å². The predicted molar refractivity (Wildman–Crippen MR) is 116 cm³/mol. The van der Waals surface area contributed by atoms with Gasteiger partial charge in [0.2, 0.25) is 5.91 Å². The number of pyridine rings is 1. The molecule has 2 rings (SSSR count). The van der Waals surface area contributed by atoms with E-state index in [1.54, 1.807) is 45.2 Å². The Morgan fingerprint density at radius 1 is 1.10 bits per heavy atom. The van der Waals surface area contributed by atoms with Gasteiger partial charge in [0, 0.05) is 12.2 Å². The van der Waals surface area contributed by atoms with E-state index in [-0.39, 0.29) is 11.6 Å².